The Bertz CT molecular complexity index is 1090. The first-order valence-electron chi connectivity index (χ1n) is 11.1. The van der Waals surface area contributed by atoms with E-state index in [1.807, 2.05) is 0 Å². The fourth-order valence-electron chi connectivity index (χ4n) is 4.63. The van der Waals surface area contributed by atoms with Crippen molar-refractivity contribution < 1.29 is 24.3 Å². The summed E-state index contributed by atoms with van der Waals surface area (Å²) in [5.41, 5.74) is 3.95. The van der Waals surface area contributed by atoms with Gasteiger partial charge in [0.05, 0.1) is 11.1 Å². The Balaban J connectivity index is 1.36. The van der Waals surface area contributed by atoms with Gasteiger partial charge in [0.2, 0.25) is 5.91 Å². The minimum atomic E-state index is -1.38. The normalized spacial score (nSPS) is 16.7. The maximum absolute atomic E-state index is 12.8. The van der Waals surface area contributed by atoms with Gasteiger partial charge in [0.1, 0.15) is 6.04 Å². The van der Waals surface area contributed by atoms with Crippen LogP contribution in [0.15, 0.2) is 42.5 Å². The number of nitrogens with zero attached hydrogens (tertiary/aromatic N) is 3. The van der Waals surface area contributed by atoms with Gasteiger partial charge in [-0.15, -0.1) is 0 Å². The van der Waals surface area contributed by atoms with Gasteiger partial charge in [-0.2, -0.15) is 0 Å². The van der Waals surface area contributed by atoms with E-state index in [0.717, 1.165) is 10.6 Å². The number of benzene rings is 2. The molecule has 33 heavy (non-hydrogen) atoms. The summed E-state index contributed by atoms with van der Waals surface area (Å²) in [6.07, 6.45) is -0.162. The van der Waals surface area contributed by atoms with Crippen LogP contribution in [0.2, 0.25) is 0 Å². The average molecular weight is 450 g/mol. The zero-order chi connectivity index (χ0) is 23.7. The lowest BCUT2D eigenvalue weighted by atomic mass is 10.1. The minimum absolute atomic E-state index is 0.0477. The molecular weight excluding hydrogens is 422 g/mol. The third-order valence-electron chi connectivity index (χ3n) is 6.38. The standard InChI is InChI=1S/C25H27N3O5/c1-16-7-8-20(17(2)15-16)26-11-13-27(14-12-26)22(29)10-9-21(25(32)33)28-23(30)18-5-3-4-6-19(18)24(28)31/h3-8,15,21H,9-14H2,1-2H3,(H,32,33)/t21-/m0/s1. The number of aliphatic carboxylic acids is 1. The van der Waals surface area contributed by atoms with Crippen LogP contribution in [0.4, 0.5) is 5.69 Å². The van der Waals surface area contributed by atoms with Crippen molar-refractivity contribution in [2.75, 3.05) is 31.1 Å². The Morgan fingerprint density at radius 2 is 1.55 bits per heavy atom. The second-order valence-corrected chi connectivity index (χ2v) is 8.58. The van der Waals surface area contributed by atoms with Gasteiger partial charge in [-0.1, -0.05) is 29.8 Å². The summed E-state index contributed by atoms with van der Waals surface area (Å²) in [5.74, 6) is -2.72. The summed E-state index contributed by atoms with van der Waals surface area (Å²) in [7, 11) is 0. The molecule has 8 nitrogen and oxygen atoms in total. The van der Waals surface area contributed by atoms with Gasteiger partial charge in [0, 0.05) is 38.3 Å². The number of piperazine rings is 1. The first-order chi connectivity index (χ1) is 15.8. The molecule has 8 heteroatoms. The lowest BCUT2D eigenvalue weighted by Gasteiger charge is -2.37. The molecule has 0 aliphatic carbocycles. The molecule has 2 aliphatic rings. The van der Waals surface area contributed by atoms with E-state index in [-0.39, 0.29) is 29.9 Å². The van der Waals surface area contributed by atoms with Crippen LogP contribution in [0.25, 0.3) is 0 Å². The second-order valence-electron chi connectivity index (χ2n) is 8.58. The molecule has 0 bridgehead atoms. The molecule has 0 radical (unpaired) electrons. The number of carbonyl (C=O) groups excluding carboxylic acids is 3. The van der Waals surface area contributed by atoms with Crippen LogP contribution in [0.3, 0.4) is 0 Å². The number of amides is 3. The molecule has 1 fully saturated rings. The summed E-state index contributed by atoms with van der Waals surface area (Å²) < 4.78 is 0. The molecule has 1 N–H and O–H groups in total. The second kappa shape index (κ2) is 9.05. The largest absolute Gasteiger partial charge is 0.480 e. The van der Waals surface area contributed by atoms with Crippen molar-refractivity contribution in [3.63, 3.8) is 0 Å². The average Bonchev–Trinajstić information content (AvgIpc) is 3.04. The van der Waals surface area contributed by atoms with Gasteiger partial charge in [-0.25, -0.2) is 4.79 Å². The maximum atomic E-state index is 12.8. The van der Waals surface area contributed by atoms with E-state index in [1.165, 1.54) is 23.3 Å². The van der Waals surface area contributed by atoms with Crippen molar-refractivity contribution in [2.24, 2.45) is 0 Å². The highest BCUT2D eigenvalue weighted by Gasteiger charge is 2.42. The van der Waals surface area contributed by atoms with E-state index in [9.17, 15) is 24.3 Å². The summed E-state index contributed by atoms with van der Waals surface area (Å²) >= 11 is 0. The third kappa shape index (κ3) is 4.33. The van der Waals surface area contributed by atoms with E-state index >= 15 is 0 Å². The van der Waals surface area contributed by atoms with E-state index in [0.29, 0.717) is 26.2 Å². The molecular formula is C25H27N3O5. The number of hydrogen-bond acceptors (Lipinski definition) is 5. The van der Waals surface area contributed by atoms with Crippen LogP contribution in [0.1, 0.15) is 44.7 Å². The van der Waals surface area contributed by atoms with Crippen LogP contribution >= 0.6 is 0 Å². The number of imide groups is 1. The number of anilines is 1. The van der Waals surface area contributed by atoms with Gasteiger partial charge in [0.25, 0.3) is 11.8 Å². The highest BCUT2D eigenvalue weighted by molar-refractivity contribution is 6.22. The number of carboxylic acids is 1. The molecule has 172 valence electrons. The number of carboxylic acid groups (broad SMARTS) is 1. The van der Waals surface area contributed by atoms with Gasteiger partial charge in [-0.05, 0) is 44.0 Å². The number of fused-ring (bicyclic) bond motifs is 1. The van der Waals surface area contributed by atoms with Crippen molar-refractivity contribution in [2.45, 2.75) is 32.7 Å². The van der Waals surface area contributed by atoms with Gasteiger partial charge < -0.3 is 14.9 Å². The quantitative estimate of drug-likeness (QED) is 0.681. The molecule has 1 saturated heterocycles. The molecule has 3 amide bonds. The molecule has 0 aromatic heterocycles. The van der Waals surface area contributed by atoms with Crippen molar-refractivity contribution in [1.82, 2.24) is 9.80 Å². The van der Waals surface area contributed by atoms with Crippen LogP contribution in [0.5, 0.6) is 0 Å². The fourth-order valence-corrected chi connectivity index (χ4v) is 4.63. The van der Waals surface area contributed by atoms with Gasteiger partial charge >= 0.3 is 5.97 Å². The number of carbonyl (C=O) groups is 4. The van der Waals surface area contributed by atoms with Crippen molar-refractivity contribution in [3.8, 4) is 0 Å². The maximum Gasteiger partial charge on any atom is 0.326 e. The Hall–Kier alpha value is -3.68. The third-order valence-corrected chi connectivity index (χ3v) is 6.38. The molecule has 4 rings (SSSR count). The topological polar surface area (TPSA) is 98.2 Å². The summed E-state index contributed by atoms with van der Waals surface area (Å²) in [5, 5.41) is 9.70. The fraction of sp³-hybridized carbons (Fsp3) is 0.360. The van der Waals surface area contributed by atoms with E-state index in [1.54, 1.807) is 17.0 Å². The molecule has 2 aliphatic heterocycles. The zero-order valence-electron chi connectivity index (χ0n) is 18.8. The predicted octanol–water partition coefficient (Wildman–Crippen LogP) is 2.48. The van der Waals surface area contributed by atoms with Crippen molar-refractivity contribution >= 4 is 29.4 Å². The summed E-state index contributed by atoms with van der Waals surface area (Å²) in [6.45, 7) is 6.59. The Morgan fingerprint density at radius 1 is 0.939 bits per heavy atom. The summed E-state index contributed by atoms with van der Waals surface area (Å²) in [6, 6.07) is 11.2. The smallest absolute Gasteiger partial charge is 0.326 e. The number of rotatable bonds is 6. The molecule has 2 heterocycles. The van der Waals surface area contributed by atoms with E-state index < -0.39 is 23.8 Å². The van der Waals surface area contributed by atoms with Crippen molar-refractivity contribution in [1.29, 1.82) is 0 Å². The predicted molar refractivity (Wildman–Crippen MR) is 122 cm³/mol. The van der Waals surface area contributed by atoms with Gasteiger partial charge in [0.15, 0.2) is 0 Å². The highest BCUT2D eigenvalue weighted by atomic mass is 16.4. The Morgan fingerprint density at radius 3 is 2.09 bits per heavy atom. The van der Waals surface area contributed by atoms with Gasteiger partial charge in [-0.3, -0.25) is 19.3 Å². The SMILES string of the molecule is Cc1ccc(N2CCN(C(=O)CC[C@@H](C(=O)O)N3C(=O)c4ccccc4C3=O)CC2)c(C)c1. The van der Waals surface area contributed by atoms with E-state index in [4.69, 9.17) is 0 Å². The molecule has 2 aromatic carbocycles. The zero-order valence-corrected chi connectivity index (χ0v) is 18.8. The lowest BCUT2D eigenvalue weighted by Crippen LogP contribution is -2.50. The number of aryl methyl sites for hydroxylation is 2. The van der Waals surface area contributed by atoms with Crippen LogP contribution in [0, 0.1) is 13.8 Å². The Labute approximate surface area is 192 Å². The molecule has 0 spiro atoms. The van der Waals surface area contributed by atoms with Crippen LogP contribution < -0.4 is 4.90 Å². The van der Waals surface area contributed by atoms with Crippen molar-refractivity contribution in [3.05, 3.63) is 64.7 Å². The molecule has 2 aromatic rings. The first-order valence-corrected chi connectivity index (χ1v) is 11.1. The van der Waals surface area contributed by atoms with Crippen LogP contribution in [-0.4, -0.2) is 70.8 Å². The Kier molecular flexibility index (Phi) is 6.18. The number of hydrogen-bond donors (Lipinski definition) is 1. The van der Waals surface area contributed by atoms with Crippen LogP contribution in [-0.2, 0) is 9.59 Å². The monoisotopic (exact) mass is 449 g/mol. The van der Waals surface area contributed by atoms with E-state index in [2.05, 4.69) is 36.9 Å². The molecule has 0 unspecified atom stereocenters. The molecule has 1 atom stereocenters. The minimum Gasteiger partial charge on any atom is -0.480 e. The lowest BCUT2D eigenvalue weighted by molar-refractivity contribution is -0.142. The summed E-state index contributed by atoms with van der Waals surface area (Å²) in [4.78, 5) is 54.8. The highest BCUT2D eigenvalue weighted by Crippen LogP contribution is 2.27. The molecule has 0 saturated carbocycles. The first kappa shape index (κ1) is 22.5.